The lowest BCUT2D eigenvalue weighted by atomic mass is 10.3. The van der Waals surface area contributed by atoms with Gasteiger partial charge in [-0.3, -0.25) is 4.52 Å². The van der Waals surface area contributed by atoms with Gasteiger partial charge in [-0.25, -0.2) is 0 Å². The topological polar surface area (TPSA) is 116 Å². The average Bonchev–Trinajstić information content (AvgIpc) is 1.82. The van der Waals surface area contributed by atoms with E-state index in [2.05, 4.69) is 16.3 Å². The van der Waals surface area contributed by atoms with Crippen molar-refractivity contribution in [3.63, 3.8) is 0 Å². The minimum atomic E-state index is -3.85. The zero-order valence-electron chi connectivity index (χ0n) is 5.49. The van der Waals surface area contributed by atoms with Crippen molar-refractivity contribution in [3.05, 3.63) is 0 Å². The van der Waals surface area contributed by atoms with Gasteiger partial charge in [-0.2, -0.15) is 0 Å². The summed E-state index contributed by atoms with van der Waals surface area (Å²) in [6, 6.07) is 0. The number of aliphatic hydroxyl groups excluding tert-OH is 2. The highest BCUT2D eigenvalue weighted by atomic mass is 32.5. The van der Waals surface area contributed by atoms with Gasteiger partial charge in [-0.1, -0.05) is 0 Å². The first-order valence-electron chi connectivity index (χ1n) is 2.65. The molecule has 0 aromatic carbocycles. The second kappa shape index (κ2) is 4.44. The predicted octanol–water partition coefficient (Wildman–Crippen LogP) is -2.15. The van der Waals surface area contributed by atoms with Crippen molar-refractivity contribution in [1.82, 2.24) is 0 Å². The molecule has 0 spiro atoms. The molecule has 0 radical (unpaired) electrons. The van der Waals surface area contributed by atoms with Crippen LogP contribution in [-0.2, 0) is 16.3 Å². The molecule has 6 N–H and O–H groups in total. The lowest BCUT2D eigenvalue weighted by Crippen LogP contribution is -2.38. The Kier molecular flexibility index (Phi) is 4.60. The van der Waals surface area contributed by atoms with Crippen molar-refractivity contribution in [2.75, 3.05) is 6.61 Å². The lowest BCUT2D eigenvalue weighted by molar-refractivity contribution is -0.00298. The molecule has 0 fully saturated rings. The van der Waals surface area contributed by atoms with E-state index in [1.54, 1.807) is 0 Å². The van der Waals surface area contributed by atoms with Crippen LogP contribution in [0.15, 0.2) is 0 Å². The first kappa shape index (κ1) is 11.4. The molecule has 0 bridgehead atoms. The van der Waals surface area contributed by atoms with Crippen molar-refractivity contribution in [1.29, 1.82) is 0 Å². The summed E-state index contributed by atoms with van der Waals surface area (Å²) in [5, 5.41) is 17.0. The molecule has 2 atom stereocenters. The highest BCUT2D eigenvalue weighted by Gasteiger charge is 2.20. The lowest BCUT2D eigenvalue weighted by Gasteiger charge is -2.18. The van der Waals surface area contributed by atoms with Gasteiger partial charge in [-0.15, -0.1) is 0 Å². The minimum Gasteiger partial charge on any atom is -0.394 e. The molecule has 0 rings (SSSR count). The van der Waals surface area contributed by atoms with E-state index >= 15 is 0 Å². The van der Waals surface area contributed by atoms with Gasteiger partial charge >= 0.3 is 6.72 Å². The average molecular weight is 203 g/mol. The fourth-order valence-corrected chi connectivity index (χ4v) is 1.09. The standard InChI is InChI=1S/C3H10NO5PS/c4-3(2(6)1-5)9-10(7,8)11/h2-3,5-6H,1,4H2,(H2,7,8,11). The molecule has 8 heteroatoms. The summed E-state index contributed by atoms with van der Waals surface area (Å²) in [6.45, 7) is -4.48. The summed E-state index contributed by atoms with van der Waals surface area (Å²) in [5.74, 6) is 0. The van der Waals surface area contributed by atoms with Gasteiger partial charge in [0.05, 0.1) is 6.61 Å². The minimum absolute atomic E-state index is 0.628. The van der Waals surface area contributed by atoms with E-state index < -0.39 is 25.7 Å². The van der Waals surface area contributed by atoms with Gasteiger partial charge in [0.2, 0.25) is 0 Å². The summed E-state index contributed by atoms with van der Waals surface area (Å²) >= 11 is 4.06. The molecule has 0 aliphatic carbocycles. The van der Waals surface area contributed by atoms with Gasteiger partial charge in [0.1, 0.15) is 12.3 Å². The van der Waals surface area contributed by atoms with Crippen molar-refractivity contribution < 1.29 is 24.5 Å². The Bertz CT molecular complexity index is 160. The Balaban J connectivity index is 3.87. The van der Waals surface area contributed by atoms with Crippen LogP contribution in [0.25, 0.3) is 0 Å². The van der Waals surface area contributed by atoms with Gasteiger partial charge < -0.3 is 25.7 Å². The second-order valence-corrected chi connectivity index (χ2v) is 4.43. The third-order valence-corrected chi connectivity index (χ3v) is 1.60. The largest absolute Gasteiger partial charge is 0.394 e. The first-order valence-corrected chi connectivity index (χ1v) is 5.28. The molecule has 0 aliphatic rings. The maximum atomic E-state index is 8.74. The molecule has 0 heterocycles. The molecule has 0 saturated carbocycles. The molecule has 2 unspecified atom stereocenters. The number of aliphatic hydroxyl groups is 2. The van der Waals surface area contributed by atoms with Crippen LogP contribution >= 0.6 is 6.72 Å². The zero-order valence-corrected chi connectivity index (χ0v) is 7.20. The first-order chi connectivity index (χ1) is 4.87. The third-order valence-electron chi connectivity index (χ3n) is 0.825. The molecule has 0 saturated heterocycles. The molecule has 6 nitrogen and oxygen atoms in total. The highest BCUT2D eigenvalue weighted by Crippen LogP contribution is 2.37. The molecule has 0 aliphatic heterocycles. The van der Waals surface area contributed by atoms with E-state index in [0.717, 1.165) is 0 Å². The van der Waals surface area contributed by atoms with E-state index in [9.17, 15) is 0 Å². The fourth-order valence-electron chi connectivity index (χ4n) is 0.333. The van der Waals surface area contributed by atoms with Crippen LogP contribution in [0.1, 0.15) is 0 Å². The van der Waals surface area contributed by atoms with Crippen LogP contribution in [-0.4, -0.2) is 38.9 Å². The van der Waals surface area contributed by atoms with Crippen LogP contribution < -0.4 is 5.73 Å². The van der Waals surface area contributed by atoms with Gasteiger partial charge in [-0.05, 0) is 11.8 Å². The van der Waals surface area contributed by atoms with Crippen LogP contribution in [0.3, 0.4) is 0 Å². The molecule has 11 heavy (non-hydrogen) atoms. The molecule has 0 aromatic heterocycles. The Morgan fingerprint density at radius 1 is 1.55 bits per heavy atom. The quantitative estimate of drug-likeness (QED) is 0.261. The predicted molar refractivity (Wildman–Crippen MR) is 40.9 cm³/mol. The smallest absolute Gasteiger partial charge is 0.323 e. The Morgan fingerprint density at radius 3 is 2.27 bits per heavy atom. The summed E-state index contributed by atoms with van der Waals surface area (Å²) in [4.78, 5) is 17.0. The van der Waals surface area contributed by atoms with Gasteiger partial charge in [0.25, 0.3) is 0 Å². The van der Waals surface area contributed by atoms with Gasteiger partial charge in [0.15, 0.2) is 0 Å². The molecular formula is C3H10NO5PS. The summed E-state index contributed by atoms with van der Waals surface area (Å²) in [5.41, 5.74) is 5.02. The summed E-state index contributed by atoms with van der Waals surface area (Å²) in [6.07, 6.45) is -2.74. The Labute approximate surface area is 68.5 Å². The van der Waals surface area contributed by atoms with E-state index in [4.69, 9.17) is 25.7 Å². The third kappa shape index (κ3) is 5.66. The van der Waals surface area contributed by atoms with Crippen molar-refractivity contribution >= 4 is 18.5 Å². The molecule has 0 aromatic rings. The Morgan fingerprint density at radius 2 is 2.00 bits per heavy atom. The summed E-state index contributed by atoms with van der Waals surface area (Å²) < 4.78 is 4.20. The normalized spacial score (nSPS) is 17.9. The van der Waals surface area contributed by atoms with E-state index in [1.165, 1.54) is 0 Å². The van der Waals surface area contributed by atoms with Crippen LogP contribution in [0.4, 0.5) is 0 Å². The number of rotatable bonds is 4. The zero-order chi connectivity index (χ0) is 9.07. The SMILES string of the molecule is NC(OP(O)(O)=S)C(O)CO. The number of hydrogen-bond acceptors (Lipinski definition) is 5. The molecular weight excluding hydrogens is 193 g/mol. The van der Waals surface area contributed by atoms with E-state index in [-0.39, 0.29) is 0 Å². The molecule has 0 amide bonds. The van der Waals surface area contributed by atoms with Crippen molar-refractivity contribution in [2.24, 2.45) is 5.73 Å². The second-order valence-electron chi connectivity index (χ2n) is 1.81. The van der Waals surface area contributed by atoms with Gasteiger partial charge in [0, 0.05) is 0 Å². The van der Waals surface area contributed by atoms with Crippen LogP contribution in [0.2, 0.25) is 0 Å². The molecule has 68 valence electrons. The van der Waals surface area contributed by atoms with Crippen LogP contribution in [0, 0.1) is 0 Å². The van der Waals surface area contributed by atoms with Crippen molar-refractivity contribution in [2.45, 2.75) is 12.3 Å². The van der Waals surface area contributed by atoms with Crippen molar-refractivity contribution in [3.8, 4) is 0 Å². The number of hydrogen-bond donors (Lipinski definition) is 5. The monoisotopic (exact) mass is 203 g/mol. The highest BCUT2D eigenvalue weighted by molar-refractivity contribution is 8.06. The Hall–Kier alpha value is 0.410. The number of nitrogens with two attached hydrogens (primary N) is 1. The van der Waals surface area contributed by atoms with Crippen LogP contribution in [0.5, 0.6) is 0 Å². The summed E-state index contributed by atoms with van der Waals surface area (Å²) in [7, 11) is 0. The fraction of sp³-hybridized carbons (Fsp3) is 1.00. The van der Waals surface area contributed by atoms with E-state index in [1.807, 2.05) is 0 Å². The maximum absolute atomic E-state index is 8.74. The maximum Gasteiger partial charge on any atom is 0.323 e. The van der Waals surface area contributed by atoms with E-state index in [0.29, 0.717) is 0 Å².